The molecule has 0 unspecified atom stereocenters. The number of likely N-dealkylation sites (tertiary alicyclic amines) is 1. The fourth-order valence-corrected chi connectivity index (χ4v) is 3.93. The van der Waals surface area contributed by atoms with Crippen LogP contribution in [0.5, 0.6) is 0 Å². The second kappa shape index (κ2) is 9.50. The van der Waals surface area contributed by atoms with Crippen LogP contribution < -0.4 is 0 Å². The number of aliphatic carboxylic acids is 1. The normalized spacial score (nSPS) is 26.4. The number of carbonyl (C=O) groups excluding carboxylic acids is 1. The van der Waals surface area contributed by atoms with E-state index in [4.69, 9.17) is 4.74 Å². The van der Waals surface area contributed by atoms with E-state index in [0.29, 0.717) is 45.5 Å². The van der Waals surface area contributed by atoms with Crippen LogP contribution in [0.2, 0.25) is 0 Å². The standard InChI is InChI=1S/C18H33N3O4/c1-19-8-5-9-20(12-11-19)14-16(22)21-10-3-6-18(15-21,17(23)24)7-4-13-25-2/h3-15H2,1-2H3,(H,23,24)/t18-/m0/s1. The summed E-state index contributed by atoms with van der Waals surface area (Å²) in [6, 6.07) is 0. The van der Waals surface area contributed by atoms with Gasteiger partial charge in [0.25, 0.3) is 0 Å². The summed E-state index contributed by atoms with van der Waals surface area (Å²) in [5.74, 6) is -0.709. The van der Waals surface area contributed by atoms with E-state index >= 15 is 0 Å². The van der Waals surface area contributed by atoms with Gasteiger partial charge in [-0.2, -0.15) is 0 Å². The van der Waals surface area contributed by atoms with Crippen LogP contribution in [0.15, 0.2) is 0 Å². The number of amides is 1. The molecule has 0 aromatic heterocycles. The minimum atomic E-state index is -0.814. The SMILES string of the molecule is COCCC[C@@]1(C(=O)O)CCCN(C(=O)CN2CCCN(C)CC2)C1. The Bertz CT molecular complexity index is 460. The monoisotopic (exact) mass is 355 g/mol. The minimum absolute atomic E-state index is 0.0709. The molecule has 0 aromatic rings. The first-order valence-corrected chi connectivity index (χ1v) is 9.38. The van der Waals surface area contributed by atoms with Gasteiger partial charge in [0.05, 0.1) is 12.0 Å². The number of likely N-dealkylation sites (N-methyl/N-ethyl adjacent to an activating group) is 1. The lowest BCUT2D eigenvalue weighted by Crippen LogP contribution is -2.52. The zero-order chi connectivity index (χ0) is 18.3. The molecule has 0 aliphatic carbocycles. The number of carbonyl (C=O) groups is 2. The molecule has 2 aliphatic rings. The Labute approximate surface area is 150 Å². The molecule has 2 rings (SSSR count). The summed E-state index contributed by atoms with van der Waals surface area (Å²) in [5.41, 5.74) is -0.814. The van der Waals surface area contributed by atoms with E-state index in [1.165, 1.54) is 0 Å². The van der Waals surface area contributed by atoms with Gasteiger partial charge < -0.3 is 19.6 Å². The number of ether oxygens (including phenoxy) is 1. The van der Waals surface area contributed by atoms with Crippen molar-refractivity contribution in [1.82, 2.24) is 14.7 Å². The smallest absolute Gasteiger partial charge is 0.311 e. The van der Waals surface area contributed by atoms with Crippen molar-refractivity contribution in [2.24, 2.45) is 5.41 Å². The van der Waals surface area contributed by atoms with Crippen molar-refractivity contribution in [2.75, 3.05) is 66.6 Å². The molecule has 7 nitrogen and oxygen atoms in total. The van der Waals surface area contributed by atoms with E-state index in [2.05, 4.69) is 16.8 Å². The van der Waals surface area contributed by atoms with Gasteiger partial charge in [0.2, 0.25) is 5.91 Å². The number of hydrogen-bond donors (Lipinski definition) is 1. The highest BCUT2D eigenvalue weighted by molar-refractivity contribution is 5.81. The summed E-state index contributed by atoms with van der Waals surface area (Å²) in [5, 5.41) is 9.78. The lowest BCUT2D eigenvalue weighted by atomic mass is 9.76. The van der Waals surface area contributed by atoms with E-state index in [9.17, 15) is 14.7 Å². The molecule has 0 spiro atoms. The molecule has 2 saturated heterocycles. The number of nitrogens with zero attached hydrogens (tertiary/aromatic N) is 3. The molecule has 7 heteroatoms. The highest BCUT2D eigenvalue weighted by Gasteiger charge is 2.43. The van der Waals surface area contributed by atoms with Crippen molar-refractivity contribution in [3.8, 4) is 0 Å². The van der Waals surface area contributed by atoms with Gasteiger partial charge >= 0.3 is 5.97 Å². The van der Waals surface area contributed by atoms with Crippen LogP contribution in [-0.2, 0) is 14.3 Å². The Balaban J connectivity index is 1.93. The van der Waals surface area contributed by atoms with Crippen LogP contribution in [0.1, 0.15) is 32.1 Å². The average Bonchev–Trinajstić information content (AvgIpc) is 2.79. The van der Waals surface area contributed by atoms with E-state index in [1.807, 2.05) is 0 Å². The molecular weight excluding hydrogens is 322 g/mol. The lowest BCUT2D eigenvalue weighted by molar-refractivity contribution is -0.156. The Hall–Kier alpha value is -1.18. The van der Waals surface area contributed by atoms with E-state index < -0.39 is 11.4 Å². The molecule has 2 aliphatic heterocycles. The van der Waals surface area contributed by atoms with Crippen LogP contribution in [0.25, 0.3) is 0 Å². The molecule has 0 saturated carbocycles. The Kier molecular flexibility index (Phi) is 7.65. The van der Waals surface area contributed by atoms with E-state index in [0.717, 1.165) is 39.0 Å². The van der Waals surface area contributed by atoms with Gasteiger partial charge in [-0.25, -0.2) is 0 Å². The number of rotatable bonds is 7. The molecule has 144 valence electrons. The third kappa shape index (κ3) is 5.66. The van der Waals surface area contributed by atoms with Crippen LogP contribution in [-0.4, -0.2) is 98.3 Å². The predicted molar refractivity (Wildman–Crippen MR) is 95.5 cm³/mol. The second-order valence-electron chi connectivity index (χ2n) is 7.53. The van der Waals surface area contributed by atoms with Gasteiger partial charge in [0, 0.05) is 39.9 Å². The molecule has 1 amide bonds. The maximum atomic E-state index is 12.8. The third-order valence-electron chi connectivity index (χ3n) is 5.56. The quantitative estimate of drug-likeness (QED) is 0.679. The molecule has 1 atom stereocenters. The Morgan fingerprint density at radius 3 is 2.64 bits per heavy atom. The molecule has 1 N–H and O–H groups in total. The maximum absolute atomic E-state index is 12.8. The zero-order valence-corrected chi connectivity index (χ0v) is 15.7. The van der Waals surface area contributed by atoms with Crippen molar-refractivity contribution in [3.63, 3.8) is 0 Å². The Morgan fingerprint density at radius 2 is 1.92 bits per heavy atom. The zero-order valence-electron chi connectivity index (χ0n) is 15.7. The van der Waals surface area contributed by atoms with Crippen molar-refractivity contribution in [2.45, 2.75) is 32.1 Å². The second-order valence-corrected chi connectivity index (χ2v) is 7.53. The maximum Gasteiger partial charge on any atom is 0.311 e. The topological polar surface area (TPSA) is 73.3 Å². The van der Waals surface area contributed by atoms with Crippen molar-refractivity contribution < 1.29 is 19.4 Å². The summed E-state index contributed by atoms with van der Waals surface area (Å²) in [4.78, 5) is 30.9. The van der Waals surface area contributed by atoms with Gasteiger partial charge in [-0.3, -0.25) is 14.5 Å². The minimum Gasteiger partial charge on any atom is -0.481 e. The summed E-state index contributed by atoms with van der Waals surface area (Å²) in [6.07, 6.45) is 3.75. The van der Waals surface area contributed by atoms with E-state index in [-0.39, 0.29) is 5.91 Å². The van der Waals surface area contributed by atoms with Gasteiger partial charge in [-0.15, -0.1) is 0 Å². The van der Waals surface area contributed by atoms with Crippen molar-refractivity contribution in [3.05, 3.63) is 0 Å². The first-order valence-electron chi connectivity index (χ1n) is 9.38. The molecule has 0 radical (unpaired) electrons. The first-order chi connectivity index (χ1) is 12.0. The molecular formula is C18H33N3O4. The molecule has 25 heavy (non-hydrogen) atoms. The van der Waals surface area contributed by atoms with Gasteiger partial charge in [-0.05, 0) is 52.2 Å². The van der Waals surface area contributed by atoms with Crippen LogP contribution in [0.3, 0.4) is 0 Å². The fraction of sp³-hybridized carbons (Fsp3) is 0.889. The van der Waals surface area contributed by atoms with Gasteiger partial charge in [0.1, 0.15) is 0 Å². The van der Waals surface area contributed by atoms with Crippen molar-refractivity contribution in [1.29, 1.82) is 0 Å². The summed E-state index contributed by atoms with van der Waals surface area (Å²) < 4.78 is 5.07. The van der Waals surface area contributed by atoms with E-state index in [1.54, 1.807) is 12.0 Å². The average molecular weight is 355 g/mol. The lowest BCUT2D eigenvalue weighted by Gasteiger charge is -2.40. The highest BCUT2D eigenvalue weighted by atomic mass is 16.5. The first kappa shape index (κ1) is 20.1. The number of carboxylic acid groups (broad SMARTS) is 1. The largest absolute Gasteiger partial charge is 0.481 e. The molecule has 2 fully saturated rings. The van der Waals surface area contributed by atoms with Crippen molar-refractivity contribution >= 4 is 11.9 Å². The highest BCUT2D eigenvalue weighted by Crippen LogP contribution is 2.35. The summed E-state index contributed by atoms with van der Waals surface area (Å²) in [7, 11) is 3.74. The number of piperidine rings is 1. The fourth-order valence-electron chi connectivity index (χ4n) is 3.93. The molecule has 2 heterocycles. The summed E-state index contributed by atoms with van der Waals surface area (Å²) >= 11 is 0. The number of hydrogen-bond acceptors (Lipinski definition) is 5. The molecule has 0 aromatic carbocycles. The Morgan fingerprint density at radius 1 is 1.12 bits per heavy atom. The third-order valence-corrected chi connectivity index (χ3v) is 5.56. The summed E-state index contributed by atoms with van der Waals surface area (Å²) in [6.45, 7) is 5.84. The van der Waals surface area contributed by atoms with Crippen LogP contribution in [0, 0.1) is 5.41 Å². The van der Waals surface area contributed by atoms with Crippen LogP contribution >= 0.6 is 0 Å². The number of methoxy groups -OCH3 is 1. The van der Waals surface area contributed by atoms with Gasteiger partial charge in [-0.1, -0.05) is 0 Å². The predicted octanol–water partition coefficient (Wildman–Crippen LogP) is 0.744. The number of carboxylic acids is 1. The molecule has 0 bridgehead atoms. The van der Waals surface area contributed by atoms with Gasteiger partial charge in [0.15, 0.2) is 0 Å². The van der Waals surface area contributed by atoms with Crippen LogP contribution in [0.4, 0.5) is 0 Å².